The van der Waals surface area contributed by atoms with Crippen molar-refractivity contribution in [1.82, 2.24) is 10.3 Å². The van der Waals surface area contributed by atoms with Crippen LogP contribution in [-0.4, -0.2) is 29.1 Å². The molecule has 1 aromatic heterocycles. The maximum absolute atomic E-state index is 13.9. The Labute approximate surface area is 152 Å². The number of aliphatic hydroxyl groups is 1. The van der Waals surface area contributed by atoms with Crippen LogP contribution in [0.2, 0.25) is 0 Å². The van der Waals surface area contributed by atoms with Gasteiger partial charge in [0.25, 0.3) is 0 Å². The molecule has 0 aliphatic heterocycles. The minimum Gasteiger partial charge on any atom is -0.441 e. The molecule has 1 heterocycles. The second kappa shape index (κ2) is 7.99. The molecule has 2 aromatic rings. The number of carbonyl (C=O) groups is 1. The molecule has 0 saturated heterocycles. The predicted molar refractivity (Wildman–Crippen MR) is 96.0 cm³/mol. The van der Waals surface area contributed by atoms with Crippen LogP contribution in [0.15, 0.2) is 28.7 Å². The van der Waals surface area contributed by atoms with Crippen molar-refractivity contribution in [2.45, 2.75) is 45.4 Å². The van der Waals surface area contributed by atoms with E-state index < -0.39 is 5.82 Å². The Bertz CT molecular complexity index is 766. The van der Waals surface area contributed by atoms with E-state index in [0.717, 1.165) is 25.7 Å². The van der Waals surface area contributed by atoms with Gasteiger partial charge in [-0.1, -0.05) is 31.4 Å². The summed E-state index contributed by atoms with van der Waals surface area (Å²) in [6, 6.07) is 6.26. The molecule has 1 saturated carbocycles. The van der Waals surface area contributed by atoms with E-state index in [4.69, 9.17) is 4.42 Å². The zero-order valence-electron chi connectivity index (χ0n) is 15.1. The SMILES string of the molecule is Cc1oc(-c2ccccc2F)nc1CC(=O)NCC1(CO)CCCCC1. The van der Waals surface area contributed by atoms with Gasteiger partial charge in [-0.05, 0) is 31.9 Å². The molecule has 0 atom stereocenters. The predicted octanol–water partition coefficient (Wildman–Crippen LogP) is 3.39. The fraction of sp³-hybridized carbons (Fsp3) is 0.500. The fourth-order valence-corrected chi connectivity index (χ4v) is 3.54. The number of amides is 1. The summed E-state index contributed by atoms with van der Waals surface area (Å²) in [5.74, 6) is 0.113. The van der Waals surface area contributed by atoms with E-state index in [1.54, 1.807) is 25.1 Å². The summed E-state index contributed by atoms with van der Waals surface area (Å²) >= 11 is 0. The molecular formula is C20H25FN2O3. The first-order chi connectivity index (χ1) is 12.5. The first kappa shape index (κ1) is 18.6. The van der Waals surface area contributed by atoms with Crippen molar-refractivity contribution in [3.05, 3.63) is 41.5 Å². The molecule has 26 heavy (non-hydrogen) atoms. The van der Waals surface area contributed by atoms with Crippen molar-refractivity contribution in [3.63, 3.8) is 0 Å². The van der Waals surface area contributed by atoms with E-state index in [1.165, 1.54) is 12.5 Å². The van der Waals surface area contributed by atoms with Crippen LogP contribution in [0.5, 0.6) is 0 Å². The van der Waals surface area contributed by atoms with Crippen LogP contribution in [-0.2, 0) is 11.2 Å². The van der Waals surface area contributed by atoms with Gasteiger partial charge in [-0.25, -0.2) is 9.37 Å². The zero-order chi connectivity index (χ0) is 18.6. The summed E-state index contributed by atoms with van der Waals surface area (Å²) in [6.07, 6.45) is 5.31. The number of carbonyl (C=O) groups excluding carboxylic acids is 1. The monoisotopic (exact) mass is 360 g/mol. The first-order valence-electron chi connectivity index (χ1n) is 9.12. The van der Waals surface area contributed by atoms with Crippen LogP contribution in [0.25, 0.3) is 11.5 Å². The molecule has 0 bridgehead atoms. The summed E-state index contributed by atoms with van der Waals surface area (Å²) in [5, 5.41) is 12.7. The molecule has 1 aromatic carbocycles. The lowest BCUT2D eigenvalue weighted by atomic mass is 9.74. The van der Waals surface area contributed by atoms with E-state index >= 15 is 0 Å². The lowest BCUT2D eigenvalue weighted by Crippen LogP contribution is -2.41. The Morgan fingerprint density at radius 3 is 2.73 bits per heavy atom. The molecule has 140 valence electrons. The van der Waals surface area contributed by atoms with Gasteiger partial charge in [0.15, 0.2) is 0 Å². The molecule has 5 nitrogen and oxygen atoms in total. The summed E-state index contributed by atoms with van der Waals surface area (Å²) in [5.41, 5.74) is 0.580. The molecule has 0 unspecified atom stereocenters. The Hall–Kier alpha value is -2.21. The maximum Gasteiger partial charge on any atom is 0.229 e. The fourth-order valence-electron chi connectivity index (χ4n) is 3.54. The maximum atomic E-state index is 13.9. The van der Waals surface area contributed by atoms with Crippen LogP contribution < -0.4 is 5.32 Å². The Morgan fingerprint density at radius 2 is 2.04 bits per heavy atom. The number of hydrogen-bond donors (Lipinski definition) is 2. The van der Waals surface area contributed by atoms with Crippen LogP contribution >= 0.6 is 0 Å². The van der Waals surface area contributed by atoms with Gasteiger partial charge in [-0.3, -0.25) is 4.79 Å². The molecule has 1 aliphatic rings. The van der Waals surface area contributed by atoms with E-state index in [2.05, 4.69) is 10.3 Å². The summed E-state index contributed by atoms with van der Waals surface area (Å²) in [4.78, 5) is 16.6. The van der Waals surface area contributed by atoms with Crippen LogP contribution in [0.3, 0.4) is 0 Å². The van der Waals surface area contributed by atoms with Crippen molar-refractivity contribution in [3.8, 4) is 11.5 Å². The van der Waals surface area contributed by atoms with Crippen LogP contribution in [0.4, 0.5) is 4.39 Å². The lowest BCUT2D eigenvalue weighted by Gasteiger charge is -2.35. The summed E-state index contributed by atoms with van der Waals surface area (Å²) < 4.78 is 19.4. The molecule has 2 N–H and O–H groups in total. The van der Waals surface area contributed by atoms with E-state index in [1.807, 2.05) is 0 Å². The number of aryl methyl sites for hydroxylation is 1. The average molecular weight is 360 g/mol. The van der Waals surface area contributed by atoms with Gasteiger partial charge in [0.2, 0.25) is 11.8 Å². The second-order valence-electron chi connectivity index (χ2n) is 7.17. The van der Waals surface area contributed by atoms with Gasteiger partial charge in [0.05, 0.1) is 24.3 Å². The van der Waals surface area contributed by atoms with Crippen molar-refractivity contribution in [2.24, 2.45) is 5.41 Å². The highest BCUT2D eigenvalue weighted by molar-refractivity contribution is 5.78. The van der Waals surface area contributed by atoms with Gasteiger partial charge in [-0.15, -0.1) is 0 Å². The highest BCUT2D eigenvalue weighted by Gasteiger charge is 2.31. The van der Waals surface area contributed by atoms with Crippen molar-refractivity contribution in [1.29, 1.82) is 0 Å². The molecule has 0 radical (unpaired) electrons. The average Bonchev–Trinajstić information content (AvgIpc) is 3.01. The highest BCUT2D eigenvalue weighted by Crippen LogP contribution is 2.35. The first-order valence-corrected chi connectivity index (χ1v) is 9.12. The summed E-state index contributed by atoms with van der Waals surface area (Å²) in [6.45, 7) is 2.28. The summed E-state index contributed by atoms with van der Waals surface area (Å²) in [7, 11) is 0. The highest BCUT2D eigenvalue weighted by atomic mass is 19.1. The third kappa shape index (κ3) is 4.12. The van der Waals surface area contributed by atoms with Crippen LogP contribution in [0.1, 0.15) is 43.6 Å². The number of aromatic nitrogens is 1. The number of oxazole rings is 1. The Balaban J connectivity index is 1.64. The number of benzene rings is 1. The number of halogens is 1. The molecular weight excluding hydrogens is 335 g/mol. The smallest absolute Gasteiger partial charge is 0.229 e. The normalized spacial score (nSPS) is 16.4. The van der Waals surface area contributed by atoms with Gasteiger partial charge in [0.1, 0.15) is 11.6 Å². The van der Waals surface area contributed by atoms with Crippen LogP contribution in [0, 0.1) is 18.2 Å². The number of nitrogens with zero attached hydrogens (tertiary/aromatic N) is 1. The van der Waals surface area contributed by atoms with Crippen molar-refractivity contribution >= 4 is 5.91 Å². The van der Waals surface area contributed by atoms with E-state index in [-0.39, 0.29) is 35.8 Å². The zero-order valence-corrected chi connectivity index (χ0v) is 15.1. The van der Waals surface area contributed by atoms with E-state index in [0.29, 0.717) is 18.0 Å². The standard InChI is InChI=1S/C20H25FN2O3/c1-14-17(23-19(26-14)15-7-3-4-8-16(15)21)11-18(25)22-12-20(13-24)9-5-2-6-10-20/h3-4,7-8,24H,2,5-6,9-13H2,1H3,(H,22,25). The largest absolute Gasteiger partial charge is 0.441 e. The molecule has 6 heteroatoms. The number of hydrogen-bond acceptors (Lipinski definition) is 4. The molecule has 3 rings (SSSR count). The third-order valence-corrected chi connectivity index (χ3v) is 5.24. The lowest BCUT2D eigenvalue weighted by molar-refractivity contribution is -0.121. The van der Waals surface area contributed by atoms with Gasteiger partial charge in [-0.2, -0.15) is 0 Å². The van der Waals surface area contributed by atoms with Gasteiger partial charge >= 0.3 is 0 Å². The molecule has 1 amide bonds. The minimum absolute atomic E-state index is 0.0747. The van der Waals surface area contributed by atoms with Gasteiger partial charge in [0, 0.05) is 12.0 Å². The topological polar surface area (TPSA) is 75.4 Å². The third-order valence-electron chi connectivity index (χ3n) is 5.24. The van der Waals surface area contributed by atoms with Crippen molar-refractivity contribution < 1.29 is 18.7 Å². The number of nitrogens with one attached hydrogen (secondary N) is 1. The molecule has 1 fully saturated rings. The molecule has 1 aliphatic carbocycles. The quantitative estimate of drug-likeness (QED) is 0.828. The Kier molecular flexibility index (Phi) is 5.71. The number of aliphatic hydroxyl groups excluding tert-OH is 1. The Morgan fingerprint density at radius 1 is 1.31 bits per heavy atom. The minimum atomic E-state index is -0.410. The van der Waals surface area contributed by atoms with Gasteiger partial charge < -0.3 is 14.8 Å². The molecule has 0 spiro atoms. The van der Waals surface area contributed by atoms with E-state index in [9.17, 15) is 14.3 Å². The number of rotatable bonds is 6. The second-order valence-corrected chi connectivity index (χ2v) is 7.17. The van der Waals surface area contributed by atoms with Crippen molar-refractivity contribution in [2.75, 3.05) is 13.2 Å².